The first-order valence-electron chi connectivity index (χ1n) is 3.78. The van der Waals surface area contributed by atoms with Crippen molar-refractivity contribution in [1.29, 1.82) is 0 Å². The molecule has 0 aliphatic heterocycles. The van der Waals surface area contributed by atoms with Crippen LogP contribution in [0.5, 0.6) is 0 Å². The molecular formula is C8H12N4S. The second-order valence-corrected chi connectivity index (χ2v) is 3.32. The molecule has 4 nitrogen and oxygen atoms in total. The van der Waals surface area contributed by atoms with Crippen molar-refractivity contribution >= 4 is 16.9 Å². The molecule has 0 heterocycles. The third kappa shape index (κ3) is 3.35. The number of hydrogen-bond donors (Lipinski definition) is 3. The summed E-state index contributed by atoms with van der Waals surface area (Å²) in [5.74, 6) is 11.0. The molecule has 5 heteroatoms. The summed E-state index contributed by atoms with van der Waals surface area (Å²) < 4.78 is 0. The third-order valence-corrected chi connectivity index (χ3v) is 2.43. The van der Waals surface area contributed by atoms with Crippen molar-refractivity contribution in [1.82, 2.24) is 5.43 Å². The predicted molar refractivity (Wildman–Crippen MR) is 56.7 cm³/mol. The average Bonchev–Trinajstić information content (AvgIpc) is 2.21. The number of hydrazone groups is 1. The van der Waals surface area contributed by atoms with Crippen molar-refractivity contribution < 1.29 is 0 Å². The number of hydrogen-bond acceptors (Lipinski definition) is 4. The van der Waals surface area contributed by atoms with Crippen molar-refractivity contribution in [3.05, 3.63) is 35.9 Å². The van der Waals surface area contributed by atoms with Gasteiger partial charge in [-0.15, -0.1) is 0 Å². The van der Waals surface area contributed by atoms with Gasteiger partial charge < -0.3 is 11.3 Å². The SMILES string of the molecule is N/N=C(/NN)SCc1ccccc1. The highest BCUT2D eigenvalue weighted by Crippen LogP contribution is 2.11. The Morgan fingerprint density at radius 2 is 2.08 bits per heavy atom. The lowest BCUT2D eigenvalue weighted by Crippen LogP contribution is -2.28. The number of amidine groups is 1. The Morgan fingerprint density at radius 3 is 2.62 bits per heavy atom. The van der Waals surface area contributed by atoms with Crippen LogP contribution < -0.4 is 17.1 Å². The van der Waals surface area contributed by atoms with Crippen LogP contribution in [-0.2, 0) is 5.75 Å². The normalized spacial score (nSPS) is 11.3. The van der Waals surface area contributed by atoms with E-state index in [4.69, 9.17) is 11.7 Å². The highest BCUT2D eigenvalue weighted by Gasteiger charge is 1.97. The Kier molecular flexibility index (Phi) is 4.14. The predicted octanol–water partition coefficient (Wildman–Crippen LogP) is 0.613. The van der Waals surface area contributed by atoms with Crippen LogP contribution in [0, 0.1) is 0 Å². The van der Waals surface area contributed by atoms with Crippen molar-refractivity contribution in [2.45, 2.75) is 5.75 Å². The van der Waals surface area contributed by atoms with Gasteiger partial charge in [-0.1, -0.05) is 42.1 Å². The highest BCUT2D eigenvalue weighted by molar-refractivity contribution is 8.13. The first kappa shape index (κ1) is 9.88. The number of nitrogens with zero attached hydrogens (tertiary/aromatic N) is 1. The van der Waals surface area contributed by atoms with Crippen LogP contribution in [0.15, 0.2) is 35.4 Å². The Hall–Kier alpha value is -1.20. The van der Waals surface area contributed by atoms with Gasteiger partial charge in [0.15, 0.2) is 5.17 Å². The minimum Gasteiger partial charge on any atom is -0.321 e. The minimum absolute atomic E-state index is 0.531. The molecule has 0 unspecified atom stereocenters. The molecule has 0 bridgehead atoms. The lowest BCUT2D eigenvalue weighted by atomic mass is 10.2. The average molecular weight is 196 g/mol. The fraction of sp³-hybridized carbons (Fsp3) is 0.125. The summed E-state index contributed by atoms with van der Waals surface area (Å²) in [7, 11) is 0. The molecule has 0 aromatic heterocycles. The second kappa shape index (κ2) is 5.45. The third-order valence-electron chi connectivity index (χ3n) is 1.46. The van der Waals surface area contributed by atoms with Gasteiger partial charge in [0.2, 0.25) is 0 Å². The van der Waals surface area contributed by atoms with Crippen LogP contribution >= 0.6 is 11.8 Å². The van der Waals surface area contributed by atoms with Crippen molar-refractivity contribution in [2.24, 2.45) is 16.8 Å². The van der Waals surface area contributed by atoms with Crippen molar-refractivity contribution in [3.63, 3.8) is 0 Å². The van der Waals surface area contributed by atoms with Gasteiger partial charge in [-0.3, -0.25) is 0 Å². The number of rotatable bonds is 2. The van der Waals surface area contributed by atoms with E-state index in [0.29, 0.717) is 5.17 Å². The van der Waals surface area contributed by atoms with E-state index in [9.17, 15) is 0 Å². The van der Waals surface area contributed by atoms with E-state index < -0.39 is 0 Å². The van der Waals surface area contributed by atoms with Gasteiger partial charge in [0.1, 0.15) is 0 Å². The van der Waals surface area contributed by atoms with E-state index in [1.165, 1.54) is 17.3 Å². The Balaban J connectivity index is 2.43. The molecule has 0 atom stereocenters. The van der Waals surface area contributed by atoms with Crippen LogP contribution in [-0.4, -0.2) is 5.17 Å². The number of thioether (sulfide) groups is 1. The van der Waals surface area contributed by atoms with Crippen LogP contribution in [0.25, 0.3) is 0 Å². The number of benzene rings is 1. The van der Waals surface area contributed by atoms with Gasteiger partial charge in [-0.2, -0.15) is 5.10 Å². The van der Waals surface area contributed by atoms with Gasteiger partial charge in [0.25, 0.3) is 0 Å². The maximum Gasteiger partial charge on any atom is 0.194 e. The van der Waals surface area contributed by atoms with Crippen molar-refractivity contribution in [2.75, 3.05) is 0 Å². The molecule has 13 heavy (non-hydrogen) atoms. The summed E-state index contributed by atoms with van der Waals surface area (Å²) >= 11 is 1.46. The van der Waals surface area contributed by atoms with E-state index in [1.807, 2.05) is 30.3 Å². The summed E-state index contributed by atoms with van der Waals surface area (Å²) in [4.78, 5) is 0. The molecule has 0 saturated heterocycles. The van der Waals surface area contributed by atoms with E-state index >= 15 is 0 Å². The van der Waals surface area contributed by atoms with Crippen molar-refractivity contribution in [3.8, 4) is 0 Å². The van der Waals surface area contributed by atoms with Gasteiger partial charge in [0, 0.05) is 5.75 Å². The minimum atomic E-state index is 0.531. The fourth-order valence-corrected chi connectivity index (χ4v) is 1.50. The smallest absolute Gasteiger partial charge is 0.194 e. The molecule has 1 rings (SSSR count). The molecule has 0 aliphatic rings. The maximum atomic E-state index is 5.17. The van der Waals surface area contributed by atoms with E-state index in [1.54, 1.807) is 0 Å². The highest BCUT2D eigenvalue weighted by atomic mass is 32.2. The monoisotopic (exact) mass is 196 g/mol. The molecule has 0 saturated carbocycles. The second-order valence-electron chi connectivity index (χ2n) is 2.35. The molecular weight excluding hydrogens is 184 g/mol. The summed E-state index contributed by atoms with van der Waals surface area (Å²) in [5, 5.41) is 4.00. The standard InChI is InChI=1S/C8H12N4S/c9-11-8(12-10)13-6-7-4-2-1-3-5-7/h1-5H,6,9-10H2,(H,11,12). The Morgan fingerprint density at radius 1 is 1.38 bits per heavy atom. The summed E-state index contributed by atoms with van der Waals surface area (Å²) in [6.07, 6.45) is 0. The fourth-order valence-electron chi connectivity index (χ4n) is 0.842. The first-order chi connectivity index (χ1) is 6.36. The van der Waals surface area contributed by atoms with Gasteiger partial charge in [-0.05, 0) is 5.56 Å². The van der Waals surface area contributed by atoms with E-state index in [0.717, 1.165) is 5.75 Å². The zero-order valence-corrected chi connectivity index (χ0v) is 7.92. The lowest BCUT2D eigenvalue weighted by molar-refractivity contribution is 1.03. The Labute approximate surface area is 81.3 Å². The van der Waals surface area contributed by atoms with Crippen LogP contribution in [0.2, 0.25) is 0 Å². The molecule has 0 amide bonds. The van der Waals surface area contributed by atoms with Crippen LogP contribution in [0.3, 0.4) is 0 Å². The molecule has 70 valence electrons. The molecule has 1 aromatic rings. The summed E-state index contributed by atoms with van der Waals surface area (Å²) in [6, 6.07) is 10.0. The van der Waals surface area contributed by atoms with Crippen LogP contribution in [0.4, 0.5) is 0 Å². The maximum absolute atomic E-state index is 5.17. The molecule has 0 aliphatic carbocycles. The Bertz CT molecular complexity index is 273. The number of nitrogens with two attached hydrogens (primary N) is 2. The zero-order valence-electron chi connectivity index (χ0n) is 7.10. The van der Waals surface area contributed by atoms with Gasteiger partial charge >= 0.3 is 0 Å². The largest absolute Gasteiger partial charge is 0.321 e. The summed E-state index contributed by atoms with van der Waals surface area (Å²) in [6.45, 7) is 0. The molecule has 5 N–H and O–H groups in total. The van der Waals surface area contributed by atoms with Crippen LogP contribution in [0.1, 0.15) is 5.56 Å². The lowest BCUT2D eigenvalue weighted by Gasteiger charge is -2.02. The van der Waals surface area contributed by atoms with Gasteiger partial charge in [0.05, 0.1) is 0 Å². The van der Waals surface area contributed by atoms with E-state index in [2.05, 4.69) is 10.5 Å². The first-order valence-corrected chi connectivity index (χ1v) is 4.76. The van der Waals surface area contributed by atoms with Gasteiger partial charge in [-0.25, -0.2) is 5.84 Å². The topological polar surface area (TPSA) is 76.4 Å². The molecule has 1 aromatic carbocycles. The molecule has 0 fully saturated rings. The molecule has 0 radical (unpaired) electrons. The molecule has 0 spiro atoms. The quantitative estimate of drug-likeness (QED) is 0.280. The number of hydrazine groups is 1. The van der Waals surface area contributed by atoms with E-state index in [-0.39, 0.29) is 0 Å². The number of nitrogens with one attached hydrogen (secondary N) is 1. The summed E-state index contributed by atoms with van der Waals surface area (Å²) in [5.41, 5.74) is 3.62. The zero-order chi connectivity index (χ0) is 9.52.